The van der Waals surface area contributed by atoms with Crippen molar-refractivity contribution in [2.24, 2.45) is 0 Å². The fourth-order valence-corrected chi connectivity index (χ4v) is 2.00. The van der Waals surface area contributed by atoms with Crippen LogP contribution in [0.15, 0.2) is 0 Å². The second kappa shape index (κ2) is 16.1. The number of rotatable bonds is 0. The van der Waals surface area contributed by atoms with E-state index in [9.17, 15) is 0 Å². The zero-order valence-electron chi connectivity index (χ0n) is 7.72. The predicted octanol–water partition coefficient (Wildman–Crippen LogP) is 8.14. The first-order valence-electron chi connectivity index (χ1n) is 2.63. The molecule has 1 aromatic carbocycles. The van der Waals surface area contributed by atoms with Gasteiger partial charge in [-0.25, -0.2) is 0 Å². The summed E-state index contributed by atoms with van der Waals surface area (Å²) in [5.74, 6) is 0. The summed E-state index contributed by atoms with van der Waals surface area (Å²) in [6.45, 7) is 0. The number of hydrogen-bond donors (Lipinski definition) is 0. The van der Waals surface area contributed by atoms with Gasteiger partial charge in [0.1, 0.15) is 0 Å². The predicted molar refractivity (Wildman–Crippen MR) is 100.0 cm³/mol. The summed E-state index contributed by atoms with van der Waals surface area (Å²) in [6, 6.07) is 0. The van der Waals surface area contributed by atoms with Crippen LogP contribution >= 0.6 is 144 Å². The largest absolute Gasteiger partial charge is 0.147 e. The monoisotopic (exact) mass is 498 g/mol. The van der Waals surface area contributed by atoms with Crippen molar-refractivity contribution < 1.29 is 0 Å². The first-order valence-corrected chi connectivity index (χ1v) is 4.90. The Bertz CT molecular complexity index is 231. The Labute approximate surface area is 172 Å². The molecule has 114 valence electrons. The Morgan fingerprint density at radius 1 is 0.278 bits per heavy atom. The molecule has 0 saturated heterocycles. The van der Waals surface area contributed by atoms with E-state index in [-0.39, 0.29) is 105 Å². The van der Waals surface area contributed by atoms with Gasteiger partial charge in [0.05, 0.1) is 30.1 Å². The van der Waals surface area contributed by atoms with Crippen molar-refractivity contribution in [1.82, 2.24) is 0 Å². The minimum Gasteiger partial charge on any atom is -0.147 e. The van der Waals surface area contributed by atoms with Crippen LogP contribution in [0.2, 0.25) is 30.1 Å². The second-order valence-electron chi connectivity index (χ2n) is 1.88. The topological polar surface area (TPSA) is 0 Å². The van der Waals surface area contributed by atoms with Crippen molar-refractivity contribution >= 4 is 144 Å². The maximum absolute atomic E-state index is 5.67. The molecule has 0 aliphatic rings. The maximum Gasteiger partial charge on any atom is 0.0810 e. The molecule has 12 heteroatoms. The van der Waals surface area contributed by atoms with Crippen LogP contribution < -0.4 is 0 Å². The first-order chi connectivity index (χ1) is 5.46. The summed E-state index contributed by atoms with van der Waals surface area (Å²) in [5.41, 5.74) is 0. The average molecular weight is 504 g/mol. The molecule has 0 saturated carbocycles. The van der Waals surface area contributed by atoms with Crippen LogP contribution in [0.5, 0.6) is 0 Å². The highest BCUT2D eigenvalue weighted by Crippen LogP contribution is 2.45. The molecule has 0 bridgehead atoms. The Kier molecular flexibility index (Phi) is 33.2. The summed E-state index contributed by atoms with van der Waals surface area (Å²) < 4.78 is 0. The third kappa shape index (κ3) is 8.22. The molecular weight excluding hydrogens is 498 g/mol. The van der Waals surface area contributed by atoms with Gasteiger partial charge in [-0.3, -0.25) is 0 Å². The Balaban J connectivity index is -0.0000000600. The van der Waals surface area contributed by atoms with E-state index in [0.29, 0.717) is 0 Å². The molecule has 0 unspecified atom stereocenters. The minimum atomic E-state index is 0. The molecule has 0 nitrogen and oxygen atoms in total. The van der Waals surface area contributed by atoms with Crippen molar-refractivity contribution in [3.05, 3.63) is 30.1 Å². The summed E-state index contributed by atoms with van der Waals surface area (Å²) in [7, 11) is 0. The van der Waals surface area contributed by atoms with Crippen molar-refractivity contribution in [1.29, 1.82) is 0 Å². The van der Waals surface area contributed by atoms with Gasteiger partial charge in [-0.1, -0.05) is 69.6 Å². The molecule has 0 aliphatic carbocycles. The molecule has 0 amide bonds. The van der Waals surface area contributed by atoms with E-state index in [1.54, 1.807) is 0 Å². The molecule has 0 spiro atoms. The molecule has 0 N–H and O–H groups in total. The summed E-state index contributed by atoms with van der Waals surface area (Å²) in [5, 5.41) is 0.654. The number of halogens is 12. The van der Waals surface area contributed by atoms with Gasteiger partial charge in [0.2, 0.25) is 0 Å². The standard InChI is InChI=1S/C6Cl6.6ClH/c7-1-2(8)4(10)6(12)5(11)3(1)9;;;;;;/h;6*1H. The smallest absolute Gasteiger partial charge is 0.0810 e. The third-order valence-electron chi connectivity index (χ3n) is 1.16. The third-order valence-corrected chi connectivity index (χ3v) is 4.00. The van der Waals surface area contributed by atoms with Gasteiger partial charge in [-0.05, 0) is 0 Å². The second-order valence-corrected chi connectivity index (χ2v) is 4.15. The van der Waals surface area contributed by atoms with E-state index < -0.39 is 0 Å². The Hall–Kier alpha value is 2.70. The SMILES string of the molecule is Cl.Cl.Cl.Cl.Cl.Cl.Clc1c(Cl)c(Cl)c(Cl)c(Cl)c1Cl. The van der Waals surface area contributed by atoms with Crippen LogP contribution in [0.3, 0.4) is 0 Å². The lowest BCUT2D eigenvalue weighted by Gasteiger charge is -2.06. The molecule has 0 radical (unpaired) electrons. The van der Waals surface area contributed by atoms with E-state index in [0.717, 1.165) is 0 Å². The van der Waals surface area contributed by atoms with E-state index in [2.05, 4.69) is 0 Å². The quantitative estimate of drug-likeness (QED) is 0.248. The van der Waals surface area contributed by atoms with Crippen molar-refractivity contribution in [3.63, 3.8) is 0 Å². The van der Waals surface area contributed by atoms with Crippen LogP contribution in [0.1, 0.15) is 0 Å². The van der Waals surface area contributed by atoms with Crippen LogP contribution in [0.25, 0.3) is 0 Å². The average Bonchev–Trinajstić information content (AvgIpc) is 2.08. The minimum absolute atomic E-state index is 0. The molecule has 1 rings (SSSR count). The van der Waals surface area contributed by atoms with E-state index >= 15 is 0 Å². The molecular formula is C6H6Cl12. The van der Waals surface area contributed by atoms with Crippen molar-refractivity contribution in [2.75, 3.05) is 0 Å². The normalized spacial score (nSPS) is 7.00. The highest BCUT2D eigenvalue weighted by atomic mass is 35.5. The van der Waals surface area contributed by atoms with Crippen LogP contribution in [0.4, 0.5) is 0 Å². The summed E-state index contributed by atoms with van der Waals surface area (Å²) in [6.07, 6.45) is 0. The number of hydrogen-bond acceptors (Lipinski definition) is 0. The fourth-order valence-electron chi connectivity index (χ4n) is 0.578. The molecule has 0 aromatic heterocycles. The zero-order valence-corrected chi connectivity index (χ0v) is 17.2. The van der Waals surface area contributed by atoms with E-state index in [4.69, 9.17) is 69.6 Å². The molecule has 0 aliphatic heterocycles. The summed E-state index contributed by atoms with van der Waals surface area (Å²) >= 11 is 34.0. The van der Waals surface area contributed by atoms with Gasteiger partial charge >= 0.3 is 0 Å². The van der Waals surface area contributed by atoms with E-state index in [1.165, 1.54) is 0 Å². The van der Waals surface area contributed by atoms with Crippen molar-refractivity contribution in [2.45, 2.75) is 0 Å². The Morgan fingerprint density at radius 3 is 0.389 bits per heavy atom. The molecule has 1 aromatic rings. The first kappa shape index (κ1) is 37.2. The van der Waals surface area contributed by atoms with Gasteiger partial charge in [0.15, 0.2) is 0 Å². The maximum atomic E-state index is 5.67. The molecule has 18 heavy (non-hydrogen) atoms. The van der Waals surface area contributed by atoms with Crippen molar-refractivity contribution in [3.8, 4) is 0 Å². The fraction of sp³-hybridized carbons (Fsp3) is 0. The van der Waals surface area contributed by atoms with Gasteiger partial charge in [0.25, 0.3) is 0 Å². The lowest BCUT2D eigenvalue weighted by Crippen LogP contribution is -1.79. The van der Waals surface area contributed by atoms with Gasteiger partial charge in [-0.2, -0.15) is 0 Å². The lowest BCUT2D eigenvalue weighted by molar-refractivity contribution is 1.69. The number of benzene rings is 1. The van der Waals surface area contributed by atoms with Gasteiger partial charge in [-0.15, -0.1) is 74.4 Å². The van der Waals surface area contributed by atoms with Crippen LogP contribution in [-0.2, 0) is 0 Å². The van der Waals surface area contributed by atoms with Crippen LogP contribution in [0, 0.1) is 0 Å². The van der Waals surface area contributed by atoms with E-state index in [1.807, 2.05) is 0 Å². The molecule has 0 fully saturated rings. The van der Waals surface area contributed by atoms with Gasteiger partial charge < -0.3 is 0 Å². The zero-order chi connectivity index (χ0) is 9.46. The highest BCUT2D eigenvalue weighted by molar-refractivity contribution is 6.59. The molecule has 0 heterocycles. The Morgan fingerprint density at radius 2 is 0.333 bits per heavy atom. The highest BCUT2D eigenvalue weighted by Gasteiger charge is 2.17. The van der Waals surface area contributed by atoms with Crippen LogP contribution in [-0.4, -0.2) is 0 Å². The molecule has 0 atom stereocenters. The summed E-state index contributed by atoms with van der Waals surface area (Å²) in [4.78, 5) is 0. The lowest BCUT2D eigenvalue weighted by atomic mass is 10.3. The van der Waals surface area contributed by atoms with Gasteiger partial charge in [0, 0.05) is 0 Å².